The summed E-state index contributed by atoms with van der Waals surface area (Å²) in [5, 5.41) is 0. The van der Waals surface area contributed by atoms with Gasteiger partial charge in [-0.1, -0.05) is 6.07 Å². The highest BCUT2D eigenvalue weighted by Gasteiger charge is 2.21. The number of nitrogens with two attached hydrogens (primary N) is 1. The molecule has 1 aliphatic heterocycles. The Morgan fingerprint density at radius 1 is 1.28 bits per heavy atom. The molecule has 2 N–H and O–H groups in total. The van der Waals surface area contributed by atoms with Gasteiger partial charge in [-0.15, -0.1) is 0 Å². The van der Waals surface area contributed by atoms with Crippen molar-refractivity contribution in [1.82, 2.24) is 0 Å². The maximum absolute atomic E-state index is 6.22. The first-order valence-electron chi connectivity index (χ1n) is 6.25. The Kier molecular flexibility index (Phi) is 2.63. The van der Waals surface area contributed by atoms with Crippen molar-refractivity contribution in [3.63, 3.8) is 0 Å². The van der Waals surface area contributed by atoms with Crippen LogP contribution in [0.5, 0.6) is 5.75 Å². The van der Waals surface area contributed by atoms with Crippen molar-refractivity contribution in [2.24, 2.45) is 5.73 Å². The zero-order valence-electron chi connectivity index (χ0n) is 10.6. The molecule has 0 aliphatic carbocycles. The average Bonchev–Trinajstić information content (AvgIpc) is 2.92. The molecule has 1 aromatic heterocycles. The van der Waals surface area contributed by atoms with E-state index in [1.807, 2.05) is 31.2 Å². The average molecular weight is 243 g/mol. The molecule has 0 fully saturated rings. The van der Waals surface area contributed by atoms with Crippen molar-refractivity contribution in [1.29, 1.82) is 0 Å². The molecule has 3 rings (SSSR count). The molecule has 2 atom stereocenters. The van der Waals surface area contributed by atoms with Gasteiger partial charge in [0.25, 0.3) is 0 Å². The molecule has 2 aromatic rings. The zero-order chi connectivity index (χ0) is 12.7. The van der Waals surface area contributed by atoms with Gasteiger partial charge in [-0.05, 0) is 49.2 Å². The van der Waals surface area contributed by atoms with Gasteiger partial charge in [-0.2, -0.15) is 0 Å². The first-order chi connectivity index (χ1) is 8.63. The zero-order valence-corrected chi connectivity index (χ0v) is 10.6. The monoisotopic (exact) mass is 243 g/mol. The summed E-state index contributed by atoms with van der Waals surface area (Å²) in [7, 11) is 0. The lowest BCUT2D eigenvalue weighted by Crippen LogP contribution is -2.11. The molecule has 3 heteroatoms. The molecule has 0 bridgehead atoms. The molecular weight excluding hydrogens is 226 g/mol. The van der Waals surface area contributed by atoms with Crippen LogP contribution in [0.4, 0.5) is 0 Å². The van der Waals surface area contributed by atoms with Crippen LogP contribution < -0.4 is 10.5 Å². The molecule has 94 valence electrons. The van der Waals surface area contributed by atoms with Crippen molar-refractivity contribution < 1.29 is 9.15 Å². The minimum absolute atomic E-state index is 0.208. The van der Waals surface area contributed by atoms with E-state index in [1.54, 1.807) is 0 Å². The fourth-order valence-electron chi connectivity index (χ4n) is 2.42. The molecule has 3 nitrogen and oxygen atoms in total. The van der Waals surface area contributed by atoms with Gasteiger partial charge in [0.1, 0.15) is 23.4 Å². The van der Waals surface area contributed by atoms with Crippen molar-refractivity contribution in [3.8, 4) is 5.75 Å². The fourth-order valence-corrected chi connectivity index (χ4v) is 2.42. The smallest absolute Gasteiger partial charge is 0.125 e. The molecule has 2 unspecified atom stereocenters. The number of furan rings is 1. The third kappa shape index (κ3) is 1.91. The van der Waals surface area contributed by atoms with Gasteiger partial charge in [-0.3, -0.25) is 0 Å². The maximum atomic E-state index is 6.22. The van der Waals surface area contributed by atoms with E-state index in [4.69, 9.17) is 14.9 Å². The lowest BCUT2D eigenvalue weighted by Gasteiger charge is -2.10. The van der Waals surface area contributed by atoms with E-state index in [-0.39, 0.29) is 12.1 Å². The number of benzene rings is 1. The van der Waals surface area contributed by atoms with Crippen LogP contribution in [0, 0.1) is 6.92 Å². The molecule has 1 aromatic carbocycles. The predicted octanol–water partition coefficient (Wildman–Crippen LogP) is 2.96. The SMILES string of the molecule is Cc1ccc(C(N)c2ccc3c(c2)CC(C)O3)o1. The Bertz CT molecular complexity index is 574. The van der Waals surface area contributed by atoms with Crippen LogP contribution in [0.1, 0.15) is 35.6 Å². The lowest BCUT2D eigenvalue weighted by atomic mass is 10.0. The van der Waals surface area contributed by atoms with Gasteiger partial charge >= 0.3 is 0 Å². The Hall–Kier alpha value is -1.74. The van der Waals surface area contributed by atoms with Gasteiger partial charge < -0.3 is 14.9 Å². The third-order valence-electron chi connectivity index (χ3n) is 3.35. The van der Waals surface area contributed by atoms with Crippen LogP contribution in [0.3, 0.4) is 0 Å². The second-order valence-electron chi connectivity index (χ2n) is 4.93. The standard InChI is InChI=1S/C15H17NO2/c1-9-3-5-14(17-9)15(16)11-4-6-13-12(8-11)7-10(2)18-13/h3-6,8,10,15H,7,16H2,1-2H3. The van der Waals surface area contributed by atoms with E-state index >= 15 is 0 Å². The molecular formula is C15H17NO2. The topological polar surface area (TPSA) is 48.4 Å². The van der Waals surface area contributed by atoms with E-state index in [0.717, 1.165) is 29.3 Å². The lowest BCUT2D eigenvalue weighted by molar-refractivity contribution is 0.254. The van der Waals surface area contributed by atoms with Crippen molar-refractivity contribution >= 4 is 0 Å². The predicted molar refractivity (Wildman–Crippen MR) is 69.7 cm³/mol. The number of fused-ring (bicyclic) bond motifs is 1. The summed E-state index contributed by atoms with van der Waals surface area (Å²) in [5.41, 5.74) is 8.53. The summed E-state index contributed by atoms with van der Waals surface area (Å²) in [5.74, 6) is 2.67. The van der Waals surface area contributed by atoms with Crippen LogP contribution in [-0.2, 0) is 6.42 Å². The number of rotatable bonds is 2. The summed E-state index contributed by atoms with van der Waals surface area (Å²) < 4.78 is 11.3. The molecule has 0 amide bonds. The number of hydrogen-bond donors (Lipinski definition) is 1. The molecule has 2 heterocycles. The summed E-state index contributed by atoms with van der Waals surface area (Å²) in [4.78, 5) is 0. The highest BCUT2D eigenvalue weighted by Crippen LogP contribution is 2.32. The number of hydrogen-bond acceptors (Lipinski definition) is 3. The highest BCUT2D eigenvalue weighted by molar-refractivity contribution is 5.42. The Morgan fingerprint density at radius 3 is 2.83 bits per heavy atom. The summed E-state index contributed by atoms with van der Waals surface area (Å²) in [6.07, 6.45) is 1.21. The quantitative estimate of drug-likeness (QED) is 0.882. The van der Waals surface area contributed by atoms with Gasteiger partial charge in [0.2, 0.25) is 0 Å². The molecule has 0 spiro atoms. The molecule has 0 saturated carbocycles. The Balaban J connectivity index is 1.91. The minimum atomic E-state index is -0.208. The largest absolute Gasteiger partial charge is 0.490 e. The van der Waals surface area contributed by atoms with Crippen molar-refractivity contribution in [3.05, 3.63) is 53.0 Å². The van der Waals surface area contributed by atoms with Crippen LogP contribution in [0.25, 0.3) is 0 Å². The second-order valence-corrected chi connectivity index (χ2v) is 4.93. The van der Waals surface area contributed by atoms with Crippen LogP contribution >= 0.6 is 0 Å². The van der Waals surface area contributed by atoms with E-state index in [2.05, 4.69) is 13.0 Å². The number of aryl methyl sites for hydroxylation is 1. The first-order valence-corrected chi connectivity index (χ1v) is 6.25. The Labute approximate surface area is 107 Å². The van der Waals surface area contributed by atoms with Gasteiger partial charge in [0.15, 0.2) is 0 Å². The summed E-state index contributed by atoms with van der Waals surface area (Å²) in [6.45, 7) is 4.00. The van der Waals surface area contributed by atoms with E-state index in [9.17, 15) is 0 Å². The first kappa shape index (κ1) is 11.4. The normalized spacial score (nSPS) is 19.4. The highest BCUT2D eigenvalue weighted by atomic mass is 16.5. The summed E-state index contributed by atoms with van der Waals surface area (Å²) >= 11 is 0. The van der Waals surface area contributed by atoms with Gasteiger partial charge in [0.05, 0.1) is 6.04 Å². The maximum Gasteiger partial charge on any atom is 0.125 e. The van der Waals surface area contributed by atoms with Gasteiger partial charge in [0, 0.05) is 6.42 Å². The Morgan fingerprint density at radius 2 is 2.11 bits per heavy atom. The molecule has 18 heavy (non-hydrogen) atoms. The van der Waals surface area contributed by atoms with Crippen molar-refractivity contribution in [2.75, 3.05) is 0 Å². The second kappa shape index (κ2) is 4.18. The van der Waals surface area contributed by atoms with Crippen LogP contribution in [0.15, 0.2) is 34.7 Å². The van der Waals surface area contributed by atoms with E-state index in [0.29, 0.717) is 0 Å². The van der Waals surface area contributed by atoms with Crippen LogP contribution in [-0.4, -0.2) is 6.10 Å². The third-order valence-corrected chi connectivity index (χ3v) is 3.35. The summed E-state index contributed by atoms with van der Waals surface area (Å²) in [6, 6.07) is 9.81. The van der Waals surface area contributed by atoms with Gasteiger partial charge in [-0.25, -0.2) is 0 Å². The number of ether oxygens (including phenoxy) is 1. The van der Waals surface area contributed by atoms with E-state index < -0.39 is 0 Å². The molecule has 0 radical (unpaired) electrons. The molecule has 1 aliphatic rings. The molecule has 0 saturated heterocycles. The van der Waals surface area contributed by atoms with Crippen LogP contribution in [0.2, 0.25) is 0 Å². The van der Waals surface area contributed by atoms with E-state index in [1.165, 1.54) is 5.56 Å². The van der Waals surface area contributed by atoms with Crippen molar-refractivity contribution in [2.45, 2.75) is 32.4 Å². The fraction of sp³-hybridized carbons (Fsp3) is 0.333. The minimum Gasteiger partial charge on any atom is -0.490 e.